The summed E-state index contributed by atoms with van der Waals surface area (Å²) in [5, 5.41) is 3.17. The van der Waals surface area contributed by atoms with E-state index in [-0.39, 0.29) is 18.2 Å². The van der Waals surface area contributed by atoms with Gasteiger partial charge in [-0.05, 0) is 43.0 Å². The van der Waals surface area contributed by atoms with Gasteiger partial charge in [0, 0.05) is 18.7 Å². The van der Waals surface area contributed by atoms with E-state index in [1.807, 2.05) is 65.6 Å². The highest BCUT2D eigenvalue weighted by Crippen LogP contribution is 2.34. The first kappa shape index (κ1) is 20.7. The minimum atomic E-state index is -0.431. The van der Waals surface area contributed by atoms with E-state index in [2.05, 4.69) is 5.32 Å². The van der Waals surface area contributed by atoms with Crippen LogP contribution in [0.25, 0.3) is 0 Å². The van der Waals surface area contributed by atoms with Crippen LogP contribution in [0.4, 0.5) is 11.4 Å². The zero-order valence-electron chi connectivity index (χ0n) is 17.0. The van der Waals surface area contributed by atoms with Gasteiger partial charge >= 0.3 is 0 Å². The molecule has 1 aliphatic carbocycles. The van der Waals surface area contributed by atoms with Crippen LogP contribution < -0.4 is 5.32 Å². The summed E-state index contributed by atoms with van der Waals surface area (Å²) in [7, 11) is 0. The van der Waals surface area contributed by atoms with Crippen molar-refractivity contribution in [1.29, 1.82) is 0 Å². The summed E-state index contributed by atoms with van der Waals surface area (Å²) in [6, 6.07) is 19.1. The highest BCUT2D eigenvalue weighted by atomic mass is 32.2. The minimum absolute atomic E-state index is 0.00321. The van der Waals surface area contributed by atoms with Gasteiger partial charge in [0.2, 0.25) is 11.8 Å². The predicted octanol–water partition coefficient (Wildman–Crippen LogP) is 5.23. The molecule has 2 aromatic rings. The van der Waals surface area contributed by atoms with Crippen molar-refractivity contribution in [3.8, 4) is 0 Å². The fraction of sp³-hybridized carbons (Fsp3) is 0.375. The van der Waals surface area contributed by atoms with Crippen LogP contribution in [0.3, 0.4) is 0 Å². The van der Waals surface area contributed by atoms with Crippen LogP contribution in [-0.4, -0.2) is 33.7 Å². The topological polar surface area (TPSA) is 61.8 Å². The number of anilines is 1. The number of benzene rings is 2. The molecule has 1 N–H and O–H groups in total. The van der Waals surface area contributed by atoms with E-state index in [1.165, 1.54) is 31.0 Å². The summed E-state index contributed by atoms with van der Waals surface area (Å²) in [5.74, 6) is 0.371. The predicted molar refractivity (Wildman–Crippen MR) is 123 cm³/mol. The summed E-state index contributed by atoms with van der Waals surface area (Å²) in [4.78, 5) is 32.3. The van der Waals surface area contributed by atoms with E-state index >= 15 is 0 Å². The smallest absolute Gasteiger partial charge is 0.242 e. The average molecular weight is 422 g/mol. The Kier molecular flexibility index (Phi) is 6.84. The Morgan fingerprint density at radius 2 is 1.67 bits per heavy atom. The molecule has 2 amide bonds. The van der Waals surface area contributed by atoms with E-state index < -0.39 is 5.25 Å². The quantitative estimate of drug-likeness (QED) is 0.695. The third-order valence-corrected chi connectivity index (χ3v) is 6.77. The number of rotatable bonds is 6. The molecule has 30 heavy (non-hydrogen) atoms. The first-order valence-corrected chi connectivity index (χ1v) is 11.5. The Labute approximate surface area is 182 Å². The van der Waals surface area contributed by atoms with Crippen molar-refractivity contribution in [2.45, 2.75) is 43.8 Å². The van der Waals surface area contributed by atoms with Crippen molar-refractivity contribution in [2.75, 3.05) is 11.9 Å². The number of carbonyl (C=O) groups is 2. The standard InChI is InChI=1S/C24H27N3O2S/c28-22(25-19-12-6-2-7-13-19)16-21-23(29)27(17-18-10-4-1-5-11-18)24(30-21)26-20-14-8-3-9-15-20/h2-3,6-9,12-15,18,21H,1,4-5,10-11,16-17H2,(H,25,28). The summed E-state index contributed by atoms with van der Waals surface area (Å²) in [5.41, 5.74) is 1.58. The van der Waals surface area contributed by atoms with E-state index in [0.717, 1.165) is 24.2 Å². The lowest BCUT2D eigenvalue weighted by Crippen LogP contribution is -2.37. The number of amidine groups is 1. The number of amides is 2. The van der Waals surface area contributed by atoms with Crippen LogP contribution in [0.1, 0.15) is 38.5 Å². The molecule has 0 spiro atoms. The molecular weight excluding hydrogens is 394 g/mol. The van der Waals surface area contributed by atoms with Crippen LogP contribution in [0.5, 0.6) is 0 Å². The molecule has 2 aliphatic rings. The van der Waals surface area contributed by atoms with Crippen molar-refractivity contribution in [1.82, 2.24) is 4.90 Å². The summed E-state index contributed by atoms with van der Waals surface area (Å²) >= 11 is 1.41. The van der Waals surface area contributed by atoms with Crippen LogP contribution in [0, 0.1) is 5.92 Å². The number of thioether (sulfide) groups is 1. The number of hydrogen-bond acceptors (Lipinski definition) is 4. The Hall–Kier alpha value is -2.60. The third-order valence-electron chi connectivity index (χ3n) is 5.59. The maximum atomic E-state index is 13.2. The van der Waals surface area contributed by atoms with Gasteiger partial charge in [-0.25, -0.2) is 4.99 Å². The molecule has 1 saturated carbocycles. The molecule has 2 aromatic carbocycles. The highest BCUT2D eigenvalue weighted by molar-refractivity contribution is 8.15. The molecule has 0 bridgehead atoms. The second kappa shape index (κ2) is 9.94. The van der Waals surface area contributed by atoms with E-state index in [1.54, 1.807) is 0 Å². The monoisotopic (exact) mass is 421 g/mol. The first-order valence-electron chi connectivity index (χ1n) is 10.7. The van der Waals surface area contributed by atoms with E-state index in [4.69, 9.17) is 4.99 Å². The molecule has 1 heterocycles. The molecule has 4 rings (SSSR count). The van der Waals surface area contributed by atoms with Crippen LogP contribution >= 0.6 is 11.8 Å². The summed E-state index contributed by atoms with van der Waals surface area (Å²) < 4.78 is 0. The number of hydrogen-bond donors (Lipinski definition) is 1. The van der Waals surface area contributed by atoms with Gasteiger partial charge in [0.25, 0.3) is 0 Å². The third kappa shape index (κ3) is 5.30. The van der Waals surface area contributed by atoms with Crippen LogP contribution in [-0.2, 0) is 9.59 Å². The molecule has 6 heteroatoms. The summed E-state index contributed by atoms with van der Waals surface area (Å²) in [6.07, 6.45) is 6.21. The zero-order chi connectivity index (χ0) is 20.8. The first-order chi connectivity index (χ1) is 14.7. The van der Waals surface area contributed by atoms with Crippen LogP contribution in [0.2, 0.25) is 0 Å². The number of para-hydroxylation sites is 2. The van der Waals surface area contributed by atoms with Gasteiger partial charge in [-0.15, -0.1) is 0 Å². The van der Waals surface area contributed by atoms with Gasteiger partial charge in [-0.1, -0.05) is 67.4 Å². The summed E-state index contributed by atoms with van der Waals surface area (Å²) in [6.45, 7) is 0.703. The number of nitrogens with zero attached hydrogens (tertiary/aromatic N) is 2. The van der Waals surface area contributed by atoms with Gasteiger partial charge in [0.15, 0.2) is 5.17 Å². The molecule has 5 nitrogen and oxygen atoms in total. The van der Waals surface area contributed by atoms with E-state index in [9.17, 15) is 9.59 Å². The fourth-order valence-electron chi connectivity index (χ4n) is 4.04. The number of aliphatic imine (C=N–C) groups is 1. The van der Waals surface area contributed by atoms with E-state index in [0.29, 0.717) is 17.6 Å². The van der Waals surface area contributed by atoms with Gasteiger partial charge < -0.3 is 5.32 Å². The van der Waals surface area contributed by atoms with Crippen molar-refractivity contribution < 1.29 is 9.59 Å². The fourth-order valence-corrected chi connectivity index (χ4v) is 5.20. The maximum absolute atomic E-state index is 13.2. The molecule has 0 aromatic heterocycles. The number of carbonyl (C=O) groups excluding carboxylic acids is 2. The molecule has 1 atom stereocenters. The maximum Gasteiger partial charge on any atom is 0.242 e. The highest BCUT2D eigenvalue weighted by Gasteiger charge is 2.40. The van der Waals surface area contributed by atoms with Gasteiger partial charge in [0.05, 0.1) is 5.69 Å². The minimum Gasteiger partial charge on any atom is -0.326 e. The molecule has 1 aliphatic heterocycles. The van der Waals surface area contributed by atoms with Gasteiger partial charge in [-0.3, -0.25) is 14.5 Å². The molecule has 1 unspecified atom stereocenters. The molecular formula is C24H27N3O2S. The largest absolute Gasteiger partial charge is 0.326 e. The average Bonchev–Trinajstić information content (AvgIpc) is 3.04. The van der Waals surface area contributed by atoms with Crippen LogP contribution in [0.15, 0.2) is 65.7 Å². The molecule has 156 valence electrons. The Morgan fingerprint density at radius 1 is 1.00 bits per heavy atom. The molecule has 2 fully saturated rings. The van der Waals surface area contributed by atoms with Crippen molar-refractivity contribution in [2.24, 2.45) is 10.9 Å². The lowest BCUT2D eigenvalue weighted by atomic mass is 9.89. The molecule has 0 radical (unpaired) electrons. The lowest BCUT2D eigenvalue weighted by molar-refractivity contribution is -0.128. The van der Waals surface area contributed by atoms with Crippen molar-refractivity contribution in [3.05, 3.63) is 60.7 Å². The van der Waals surface area contributed by atoms with Crippen molar-refractivity contribution in [3.63, 3.8) is 0 Å². The Bertz CT molecular complexity index is 895. The van der Waals surface area contributed by atoms with Crippen molar-refractivity contribution >= 4 is 40.1 Å². The normalized spacial score (nSPS) is 21.2. The van der Waals surface area contributed by atoms with Gasteiger partial charge in [-0.2, -0.15) is 0 Å². The Morgan fingerprint density at radius 3 is 2.37 bits per heavy atom. The Balaban J connectivity index is 1.48. The molecule has 1 saturated heterocycles. The lowest BCUT2D eigenvalue weighted by Gasteiger charge is -2.26. The zero-order valence-corrected chi connectivity index (χ0v) is 17.8. The SMILES string of the molecule is O=C(CC1SC(=Nc2ccccc2)N(CC2CCCCC2)C1=O)Nc1ccccc1. The second-order valence-corrected chi connectivity index (χ2v) is 9.08. The second-order valence-electron chi connectivity index (χ2n) is 7.91. The number of nitrogens with one attached hydrogen (secondary N) is 1. The van der Waals surface area contributed by atoms with Gasteiger partial charge in [0.1, 0.15) is 5.25 Å².